The lowest BCUT2D eigenvalue weighted by Gasteiger charge is -2.25. The first-order valence-electron chi connectivity index (χ1n) is 11.6. The van der Waals surface area contributed by atoms with Crippen molar-refractivity contribution in [1.82, 2.24) is 4.90 Å². The number of carbonyl (C=O) groups excluding carboxylic acids is 2. The normalized spacial score (nSPS) is 13.9. The number of fused-ring (bicyclic) bond motifs is 1. The molecule has 4 rings (SSSR count). The average molecular weight is 489 g/mol. The maximum atomic E-state index is 13.8. The van der Waals surface area contributed by atoms with Crippen LogP contribution in [0.1, 0.15) is 11.1 Å². The summed E-state index contributed by atoms with van der Waals surface area (Å²) in [5.74, 6) is -0.848. The molecule has 0 aromatic heterocycles. The number of nitrogens with zero attached hydrogens (tertiary/aromatic N) is 2. The molecule has 1 aliphatic rings. The smallest absolute Gasteiger partial charge is 0.258 e. The van der Waals surface area contributed by atoms with E-state index in [1.807, 2.05) is 73.6 Å². The summed E-state index contributed by atoms with van der Waals surface area (Å²) in [6, 6.07) is 21.2. The Morgan fingerprint density at radius 1 is 1.00 bits per heavy atom. The predicted octanol–water partition coefficient (Wildman–Crippen LogP) is 4.30. The molecule has 0 radical (unpaired) electrons. The lowest BCUT2D eigenvalue weighted by molar-refractivity contribution is -0.122. The van der Waals surface area contributed by atoms with Crippen LogP contribution in [0.25, 0.3) is 11.3 Å². The second-order valence-electron chi connectivity index (χ2n) is 8.71. The summed E-state index contributed by atoms with van der Waals surface area (Å²) in [7, 11) is 5.41. The molecule has 3 aromatic carbocycles. The number of benzene rings is 3. The number of hydrogen-bond donors (Lipinski definition) is 2. The van der Waals surface area contributed by atoms with E-state index in [1.54, 1.807) is 11.0 Å². The van der Waals surface area contributed by atoms with Crippen molar-refractivity contribution in [2.75, 3.05) is 56.4 Å². The van der Waals surface area contributed by atoms with Crippen molar-refractivity contribution in [1.29, 1.82) is 0 Å². The molecule has 3 aromatic rings. The third-order valence-corrected chi connectivity index (χ3v) is 5.83. The summed E-state index contributed by atoms with van der Waals surface area (Å²) >= 11 is 0. The molecule has 2 amide bonds. The number of hydrogen-bond acceptors (Lipinski definition) is 5. The molecule has 0 saturated carbocycles. The van der Waals surface area contributed by atoms with Gasteiger partial charge in [-0.3, -0.25) is 9.59 Å². The van der Waals surface area contributed by atoms with Gasteiger partial charge in [-0.15, -0.1) is 0 Å². The molecule has 0 bridgehead atoms. The van der Waals surface area contributed by atoms with Crippen LogP contribution in [0.2, 0.25) is 0 Å². The Balaban J connectivity index is 1.69. The van der Waals surface area contributed by atoms with Gasteiger partial charge in [0.2, 0.25) is 0 Å². The predicted molar refractivity (Wildman–Crippen MR) is 141 cm³/mol. The monoisotopic (exact) mass is 488 g/mol. The minimum Gasteiger partial charge on any atom is -0.375 e. The molecule has 0 atom stereocenters. The topological polar surface area (TPSA) is 73.9 Å². The van der Waals surface area contributed by atoms with Gasteiger partial charge in [0, 0.05) is 37.1 Å². The maximum absolute atomic E-state index is 13.8. The molecule has 36 heavy (non-hydrogen) atoms. The Morgan fingerprint density at radius 2 is 1.72 bits per heavy atom. The molecule has 1 aliphatic heterocycles. The summed E-state index contributed by atoms with van der Waals surface area (Å²) in [5.41, 5.74) is 4.40. The Labute approximate surface area is 210 Å². The molecule has 1 heterocycles. The molecular weight excluding hydrogens is 459 g/mol. The number of anilines is 3. The third kappa shape index (κ3) is 5.62. The molecule has 2 N–H and O–H groups in total. The van der Waals surface area contributed by atoms with Gasteiger partial charge in [-0.1, -0.05) is 30.3 Å². The zero-order valence-corrected chi connectivity index (χ0v) is 20.5. The number of likely N-dealkylation sites (N-methyl/N-ethyl adjacent to an activating group) is 1. The van der Waals surface area contributed by atoms with E-state index in [-0.39, 0.29) is 18.4 Å². The van der Waals surface area contributed by atoms with E-state index in [0.717, 1.165) is 16.9 Å². The summed E-state index contributed by atoms with van der Waals surface area (Å²) in [4.78, 5) is 29.3. The highest BCUT2D eigenvalue weighted by Gasteiger charge is 2.29. The van der Waals surface area contributed by atoms with E-state index in [1.165, 1.54) is 19.2 Å². The van der Waals surface area contributed by atoms with Gasteiger partial charge in [0.1, 0.15) is 12.4 Å². The molecule has 0 spiro atoms. The minimum absolute atomic E-state index is 0.00714. The molecule has 7 nitrogen and oxygen atoms in total. The number of amides is 2. The largest absolute Gasteiger partial charge is 0.375 e. The molecule has 0 fully saturated rings. The van der Waals surface area contributed by atoms with E-state index in [0.29, 0.717) is 35.6 Å². The average Bonchev–Trinajstić information content (AvgIpc) is 3.18. The fourth-order valence-electron chi connectivity index (χ4n) is 4.05. The lowest BCUT2D eigenvalue weighted by atomic mass is 10.00. The molecule has 0 aliphatic carbocycles. The summed E-state index contributed by atoms with van der Waals surface area (Å²) < 4.78 is 18.8. The molecular formula is C28H29FN4O3. The minimum atomic E-state index is -0.415. The van der Waals surface area contributed by atoms with Crippen LogP contribution < -0.4 is 15.5 Å². The van der Waals surface area contributed by atoms with Crippen molar-refractivity contribution in [3.63, 3.8) is 0 Å². The standard InChI is InChI=1S/C28H29FN4O3/c1-32(2)15-16-33(25(34)18-36-3)22-12-10-21(11-13-22)30-27(19-7-5-4-6-8-19)26-23-14-9-20(29)17-24(23)31-28(26)35/h4-14,17,30H,15-16,18H2,1-3H3,(H,31,35)/b27-26-. The fraction of sp³-hybridized carbons (Fsp3) is 0.214. The number of rotatable bonds is 9. The van der Waals surface area contributed by atoms with E-state index >= 15 is 0 Å². The van der Waals surface area contributed by atoms with Crippen molar-refractivity contribution in [3.05, 3.63) is 89.7 Å². The summed E-state index contributed by atoms with van der Waals surface area (Å²) in [6.07, 6.45) is 0. The van der Waals surface area contributed by atoms with Crippen LogP contribution in [0.3, 0.4) is 0 Å². The zero-order valence-electron chi connectivity index (χ0n) is 20.5. The maximum Gasteiger partial charge on any atom is 0.258 e. The lowest BCUT2D eigenvalue weighted by Crippen LogP contribution is -2.38. The van der Waals surface area contributed by atoms with Crippen LogP contribution in [-0.2, 0) is 14.3 Å². The van der Waals surface area contributed by atoms with Crippen LogP contribution >= 0.6 is 0 Å². The summed E-state index contributed by atoms with van der Waals surface area (Å²) in [6.45, 7) is 1.22. The Hall–Kier alpha value is -4.01. The van der Waals surface area contributed by atoms with E-state index in [2.05, 4.69) is 10.6 Å². The van der Waals surface area contributed by atoms with Crippen molar-refractivity contribution in [3.8, 4) is 0 Å². The van der Waals surface area contributed by atoms with Gasteiger partial charge < -0.3 is 25.2 Å². The van der Waals surface area contributed by atoms with E-state index in [4.69, 9.17) is 4.74 Å². The summed E-state index contributed by atoms with van der Waals surface area (Å²) in [5, 5.41) is 6.14. The number of carbonyl (C=O) groups is 2. The third-order valence-electron chi connectivity index (χ3n) is 5.83. The van der Waals surface area contributed by atoms with E-state index < -0.39 is 5.82 Å². The SMILES string of the molecule is COCC(=O)N(CCN(C)C)c1ccc(N/C(=C2\C(=O)Nc3cc(F)ccc32)c2ccccc2)cc1. The van der Waals surface area contributed by atoms with Gasteiger partial charge in [0.25, 0.3) is 11.8 Å². The fourth-order valence-corrected chi connectivity index (χ4v) is 4.05. The van der Waals surface area contributed by atoms with Gasteiger partial charge in [-0.25, -0.2) is 4.39 Å². The first-order chi connectivity index (χ1) is 17.4. The Kier molecular flexibility index (Phi) is 7.77. The van der Waals surface area contributed by atoms with Gasteiger partial charge >= 0.3 is 0 Å². The van der Waals surface area contributed by atoms with E-state index in [9.17, 15) is 14.0 Å². The van der Waals surface area contributed by atoms with Crippen molar-refractivity contribution in [2.45, 2.75) is 0 Å². The number of methoxy groups -OCH3 is 1. The van der Waals surface area contributed by atoms with Crippen LogP contribution in [-0.4, -0.2) is 57.6 Å². The van der Waals surface area contributed by atoms with Gasteiger partial charge in [0.15, 0.2) is 0 Å². The first-order valence-corrected chi connectivity index (χ1v) is 11.6. The van der Waals surface area contributed by atoms with Gasteiger partial charge in [-0.2, -0.15) is 0 Å². The Bertz CT molecular complexity index is 1270. The number of nitrogens with one attached hydrogen (secondary N) is 2. The zero-order chi connectivity index (χ0) is 25.7. The highest BCUT2D eigenvalue weighted by Crippen LogP contribution is 2.38. The van der Waals surface area contributed by atoms with Crippen molar-refractivity contribution >= 4 is 40.1 Å². The molecule has 0 unspecified atom stereocenters. The molecule has 186 valence electrons. The molecule has 8 heteroatoms. The van der Waals surface area contributed by atoms with Crippen molar-refractivity contribution < 1.29 is 18.7 Å². The Morgan fingerprint density at radius 3 is 2.39 bits per heavy atom. The van der Waals surface area contributed by atoms with Crippen LogP contribution in [0, 0.1) is 5.82 Å². The number of ether oxygens (including phenoxy) is 1. The quantitative estimate of drug-likeness (QED) is 0.440. The molecule has 0 saturated heterocycles. The second-order valence-corrected chi connectivity index (χ2v) is 8.71. The highest BCUT2D eigenvalue weighted by molar-refractivity contribution is 6.37. The second kappa shape index (κ2) is 11.2. The van der Waals surface area contributed by atoms with Crippen LogP contribution in [0.15, 0.2) is 72.8 Å². The first kappa shape index (κ1) is 25.1. The van der Waals surface area contributed by atoms with Crippen LogP contribution in [0.4, 0.5) is 21.5 Å². The van der Waals surface area contributed by atoms with Gasteiger partial charge in [-0.05, 0) is 62.1 Å². The van der Waals surface area contributed by atoms with Crippen molar-refractivity contribution in [2.24, 2.45) is 0 Å². The number of halogens is 1. The van der Waals surface area contributed by atoms with Gasteiger partial charge in [0.05, 0.1) is 17.0 Å². The highest BCUT2D eigenvalue weighted by atomic mass is 19.1. The van der Waals surface area contributed by atoms with Crippen LogP contribution in [0.5, 0.6) is 0 Å².